The fraction of sp³-hybridized carbons (Fsp3) is 0.654. The summed E-state index contributed by atoms with van der Waals surface area (Å²) in [6, 6.07) is 6.76. The first kappa shape index (κ1) is 24.9. The zero-order valence-electron chi connectivity index (χ0n) is 19.3. The van der Waals surface area contributed by atoms with Crippen molar-refractivity contribution in [2.75, 3.05) is 6.54 Å². The molecule has 3 fully saturated rings. The molecule has 3 saturated carbocycles. The van der Waals surface area contributed by atoms with E-state index in [2.05, 4.69) is 32.8 Å². The van der Waals surface area contributed by atoms with Gasteiger partial charge >= 0.3 is 5.97 Å². The molecule has 4 unspecified atom stereocenters. The van der Waals surface area contributed by atoms with E-state index in [9.17, 15) is 13.2 Å². The van der Waals surface area contributed by atoms with Crippen LogP contribution >= 0.6 is 15.9 Å². The Kier molecular flexibility index (Phi) is 8.69. The molecular formula is C26H36BrNO4S. The second-order valence-corrected chi connectivity index (χ2v) is 12.6. The standard InChI is InChI=1S/C26H36BrNO4S/c27-21-13-15-23(16-14-21)33(30,31)28-18-25-20-12-11-19(17-20)24(25)9-5-2-6-10-26(29)32-22-7-3-1-4-8-22/h5,9,13-16,19-20,22,24-25,28H,1-4,6-8,10-12,17-18H2/b9-5-. The highest BCUT2D eigenvalue weighted by Crippen LogP contribution is 2.52. The third kappa shape index (κ3) is 6.70. The zero-order valence-corrected chi connectivity index (χ0v) is 21.7. The second kappa shape index (κ2) is 11.5. The van der Waals surface area contributed by atoms with Crippen LogP contribution in [0, 0.1) is 23.7 Å². The summed E-state index contributed by atoms with van der Waals surface area (Å²) in [6.45, 7) is 0.488. The maximum atomic E-state index is 12.7. The Hall–Kier alpha value is -1.18. The number of fused-ring (bicyclic) bond motifs is 2. The molecule has 33 heavy (non-hydrogen) atoms. The van der Waals surface area contributed by atoms with Gasteiger partial charge in [0.05, 0.1) is 4.90 Å². The predicted molar refractivity (Wildman–Crippen MR) is 133 cm³/mol. The molecule has 1 aromatic rings. The molecule has 4 rings (SSSR count). The van der Waals surface area contributed by atoms with E-state index >= 15 is 0 Å². The Labute approximate surface area is 206 Å². The molecular weight excluding hydrogens is 502 g/mol. The van der Waals surface area contributed by atoms with Crippen molar-refractivity contribution in [3.8, 4) is 0 Å². The maximum Gasteiger partial charge on any atom is 0.306 e. The molecule has 0 radical (unpaired) electrons. The molecule has 0 spiro atoms. The van der Waals surface area contributed by atoms with Crippen molar-refractivity contribution in [3.63, 3.8) is 0 Å². The van der Waals surface area contributed by atoms with Gasteiger partial charge in [-0.1, -0.05) is 34.5 Å². The molecule has 0 heterocycles. The number of ether oxygens (including phenoxy) is 1. The summed E-state index contributed by atoms with van der Waals surface area (Å²) < 4.78 is 34.8. The zero-order chi connectivity index (χ0) is 23.3. The lowest BCUT2D eigenvalue weighted by atomic mass is 9.79. The molecule has 0 amide bonds. The summed E-state index contributed by atoms with van der Waals surface area (Å²) in [4.78, 5) is 12.4. The lowest BCUT2D eigenvalue weighted by Gasteiger charge is -2.29. The minimum atomic E-state index is -3.50. The van der Waals surface area contributed by atoms with Gasteiger partial charge in [0.25, 0.3) is 0 Å². The molecule has 182 valence electrons. The van der Waals surface area contributed by atoms with Crippen molar-refractivity contribution in [1.29, 1.82) is 0 Å². The molecule has 0 aliphatic heterocycles. The van der Waals surface area contributed by atoms with E-state index in [1.54, 1.807) is 24.3 Å². The maximum absolute atomic E-state index is 12.7. The van der Waals surface area contributed by atoms with Gasteiger partial charge in [0.2, 0.25) is 10.0 Å². The smallest absolute Gasteiger partial charge is 0.306 e. The number of hydrogen-bond acceptors (Lipinski definition) is 4. The largest absolute Gasteiger partial charge is 0.462 e. The molecule has 1 aromatic carbocycles. The molecule has 2 bridgehead atoms. The van der Waals surface area contributed by atoms with E-state index in [0.29, 0.717) is 41.5 Å². The van der Waals surface area contributed by atoms with Crippen molar-refractivity contribution in [2.24, 2.45) is 23.7 Å². The van der Waals surface area contributed by atoms with Gasteiger partial charge in [-0.15, -0.1) is 0 Å². The van der Waals surface area contributed by atoms with Gasteiger partial charge in [0, 0.05) is 17.4 Å². The molecule has 4 atom stereocenters. The van der Waals surface area contributed by atoms with E-state index < -0.39 is 10.0 Å². The summed E-state index contributed by atoms with van der Waals surface area (Å²) in [5.41, 5.74) is 0. The fourth-order valence-corrected chi connectivity index (χ4v) is 7.34. The fourth-order valence-electron chi connectivity index (χ4n) is 6.01. The quantitative estimate of drug-likeness (QED) is 0.226. The van der Waals surface area contributed by atoms with E-state index in [1.807, 2.05) is 0 Å². The third-order valence-corrected chi connectivity index (χ3v) is 9.72. The first-order chi connectivity index (χ1) is 15.9. The highest BCUT2D eigenvalue weighted by Gasteiger charge is 2.46. The van der Waals surface area contributed by atoms with Crippen LogP contribution in [0.3, 0.4) is 0 Å². The summed E-state index contributed by atoms with van der Waals surface area (Å²) in [7, 11) is -3.50. The third-order valence-electron chi connectivity index (χ3n) is 7.75. The van der Waals surface area contributed by atoms with Crippen LogP contribution in [0.4, 0.5) is 0 Å². The lowest BCUT2D eigenvalue weighted by molar-refractivity contribution is -0.150. The van der Waals surface area contributed by atoms with Crippen LogP contribution in [-0.4, -0.2) is 27.0 Å². The second-order valence-electron chi connectivity index (χ2n) is 9.95. The van der Waals surface area contributed by atoms with Gasteiger partial charge in [-0.05, 0) is 106 Å². The number of hydrogen-bond donors (Lipinski definition) is 1. The van der Waals surface area contributed by atoms with Gasteiger partial charge in [0.1, 0.15) is 6.10 Å². The molecule has 3 aliphatic rings. The minimum absolute atomic E-state index is 0.0598. The minimum Gasteiger partial charge on any atom is -0.462 e. The van der Waals surface area contributed by atoms with E-state index in [-0.39, 0.29) is 12.1 Å². The number of nitrogens with one attached hydrogen (secondary N) is 1. The van der Waals surface area contributed by atoms with Crippen molar-refractivity contribution in [3.05, 3.63) is 40.9 Å². The molecule has 1 N–H and O–H groups in total. The Balaban J connectivity index is 1.24. The summed E-state index contributed by atoms with van der Waals surface area (Å²) in [5, 5.41) is 0. The number of allylic oxidation sites excluding steroid dienone is 2. The van der Waals surface area contributed by atoms with E-state index in [4.69, 9.17) is 4.74 Å². The lowest BCUT2D eigenvalue weighted by Crippen LogP contribution is -2.35. The average molecular weight is 539 g/mol. The highest BCUT2D eigenvalue weighted by atomic mass is 79.9. The first-order valence-corrected chi connectivity index (χ1v) is 14.8. The number of rotatable bonds is 10. The van der Waals surface area contributed by atoms with Crippen LogP contribution < -0.4 is 4.72 Å². The van der Waals surface area contributed by atoms with Crippen molar-refractivity contribution < 1.29 is 17.9 Å². The SMILES string of the molecule is O=C(CCC/C=C\C1C2CCC(C2)C1CNS(=O)(=O)c1ccc(Br)cc1)OC1CCCCC1. The summed E-state index contributed by atoms with van der Waals surface area (Å²) in [5.74, 6) is 1.97. The Morgan fingerprint density at radius 1 is 1.06 bits per heavy atom. The van der Waals surface area contributed by atoms with Crippen LogP contribution in [0.15, 0.2) is 45.8 Å². The number of unbranched alkanes of at least 4 members (excludes halogenated alkanes) is 1. The van der Waals surface area contributed by atoms with Gasteiger partial charge in [-0.3, -0.25) is 4.79 Å². The molecule has 7 heteroatoms. The van der Waals surface area contributed by atoms with Crippen LogP contribution in [0.5, 0.6) is 0 Å². The van der Waals surface area contributed by atoms with Crippen LogP contribution in [-0.2, 0) is 19.6 Å². The number of esters is 1. The van der Waals surface area contributed by atoms with Gasteiger partial charge in [-0.2, -0.15) is 0 Å². The van der Waals surface area contributed by atoms with Gasteiger partial charge < -0.3 is 4.74 Å². The predicted octanol–water partition coefficient (Wildman–Crippen LogP) is 5.99. The van der Waals surface area contributed by atoms with E-state index in [0.717, 1.165) is 30.2 Å². The molecule has 5 nitrogen and oxygen atoms in total. The average Bonchev–Trinajstić information content (AvgIpc) is 3.40. The monoisotopic (exact) mass is 537 g/mol. The Bertz CT molecular complexity index is 924. The topological polar surface area (TPSA) is 72.5 Å². The molecule has 0 aromatic heterocycles. The van der Waals surface area contributed by atoms with Crippen LogP contribution in [0.2, 0.25) is 0 Å². The number of sulfonamides is 1. The van der Waals surface area contributed by atoms with Crippen molar-refractivity contribution in [2.45, 2.75) is 81.6 Å². The summed E-state index contributed by atoms with van der Waals surface area (Å²) in [6.07, 6.45) is 16.1. The van der Waals surface area contributed by atoms with Crippen LogP contribution in [0.25, 0.3) is 0 Å². The number of carbonyl (C=O) groups excluding carboxylic acids is 1. The highest BCUT2D eigenvalue weighted by molar-refractivity contribution is 9.10. The Morgan fingerprint density at radius 2 is 1.79 bits per heavy atom. The summed E-state index contributed by atoms with van der Waals surface area (Å²) >= 11 is 3.35. The molecule has 3 aliphatic carbocycles. The Morgan fingerprint density at radius 3 is 2.55 bits per heavy atom. The van der Waals surface area contributed by atoms with Crippen molar-refractivity contribution >= 4 is 31.9 Å². The van der Waals surface area contributed by atoms with Gasteiger partial charge in [-0.25, -0.2) is 13.1 Å². The number of halogens is 1. The normalized spacial score (nSPS) is 27.9. The van der Waals surface area contributed by atoms with E-state index in [1.165, 1.54) is 38.5 Å². The first-order valence-electron chi connectivity index (χ1n) is 12.5. The number of carbonyl (C=O) groups is 1. The molecule has 0 saturated heterocycles. The van der Waals surface area contributed by atoms with Crippen LogP contribution in [0.1, 0.15) is 70.6 Å². The van der Waals surface area contributed by atoms with Gasteiger partial charge in [0.15, 0.2) is 0 Å². The van der Waals surface area contributed by atoms with Crippen molar-refractivity contribution in [1.82, 2.24) is 4.72 Å². The number of benzene rings is 1.